The fourth-order valence-electron chi connectivity index (χ4n) is 0.735. The van der Waals surface area contributed by atoms with Crippen LogP contribution in [0, 0.1) is 0 Å². The molecule has 0 saturated carbocycles. The predicted octanol–water partition coefficient (Wildman–Crippen LogP) is 4.80. The van der Waals surface area contributed by atoms with Crippen molar-refractivity contribution >= 4 is 43.5 Å². The SMILES string of the molecule is FC(F)c1cc(Br)cc(Br)c1Cl. The van der Waals surface area contributed by atoms with E-state index in [1.807, 2.05) is 0 Å². The molecule has 0 unspecified atom stereocenters. The minimum Gasteiger partial charge on any atom is -0.205 e. The van der Waals surface area contributed by atoms with Crippen molar-refractivity contribution < 1.29 is 8.78 Å². The third-order valence-electron chi connectivity index (χ3n) is 1.26. The fourth-order valence-corrected chi connectivity index (χ4v) is 2.18. The molecule has 0 aliphatic heterocycles. The lowest BCUT2D eigenvalue weighted by Gasteiger charge is -2.05. The molecule has 12 heavy (non-hydrogen) atoms. The lowest BCUT2D eigenvalue weighted by Crippen LogP contribution is -1.86. The second-order valence-corrected chi connectivity index (χ2v) is 4.24. The first-order chi connectivity index (χ1) is 5.52. The topological polar surface area (TPSA) is 0 Å². The highest BCUT2D eigenvalue weighted by molar-refractivity contribution is 9.11. The Hall–Kier alpha value is 0.330. The van der Waals surface area contributed by atoms with Crippen LogP contribution < -0.4 is 0 Å². The number of benzene rings is 1. The Kier molecular flexibility index (Phi) is 3.49. The summed E-state index contributed by atoms with van der Waals surface area (Å²) in [4.78, 5) is 0. The Balaban J connectivity index is 3.28. The maximum atomic E-state index is 12.3. The van der Waals surface area contributed by atoms with Gasteiger partial charge >= 0.3 is 0 Å². The molecule has 0 aliphatic rings. The molecule has 0 heterocycles. The Morgan fingerprint density at radius 1 is 1.25 bits per heavy atom. The molecule has 0 fully saturated rings. The molecular formula is C7H3Br2ClF2. The quantitative estimate of drug-likeness (QED) is 0.652. The molecule has 0 saturated heterocycles. The first kappa shape index (κ1) is 10.4. The van der Waals surface area contributed by atoms with Crippen molar-refractivity contribution in [1.29, 1.82) is 0 Å². The smallest absolute Gasteiger partial charge is 0.205 e. The lowest BCUT2D eigenvalue weighted by molar-refractivity contribution is 0.151. The van der Waals surface area contributed by atoms with Crippen molar-refractivity contribution in [1.82, 2.24) is 0 Å². The molecule has 0 aromatic heterocycles. The second-order valence-electron chi connectivity index (χ2n) is 2.09. The van der Waals surface area contributed by atoms with Gasteiger partial charge in [-0.15, -0.1) is 0 Å². The summed E-state index contributed by atoms with van der Waals surface area (Å²) in [5, 5.41) is 0.0631. The van der Waals surface area contributed by atoms with Crippen LogP contribution in [0.1, 0.15) is 12.0 Å². The molecular weight excluding hydrogens is 317 g/mol. The Labute approximate surface area is 90.2 Å². The van der Waals surface area contributed by atoms with Crippen LogP contribution in [-0.2, 0) is 0 Å². The maximum absolute atomic E-state index is 12.3. The van der Waals surface area contributed by atoms with Crippen molar-refractivity contribution in [2.24, 2.45) is 0 Å². The number of hydrogen-bond donors (Lipinski definition) is 0. The molecule has 0 nitrogen and oxygen atoms in total. The van der Waals surface area contributed by atoms with Gasteiger partial charge in [0.25, 0.3) is 6.43 Å². The highest BCUT2D eigenvalue weighted by atomic mass is 79.9. The average molecular weight is 320 g/mol. The molecule has 1 aromatic carbocycles. The summed E-state index contributed by atoms with van der Waals surface area (Å²) in [6.45, 7) is 0. The molecule has 0 atom stereocenters. The third-order valence-corrected chi connectivity index (χ3v) is 2.99. The average Bonchev–Trinajstić information content (AvgIpc) is 1.96. The largest absolute Gasteiger partial charge is 0.265 e. The molecule has 0 amide bonds. The van der Waals surface area contributed by atoms with Crippen LogP contribution in [0.5, 0.6) is 0 Å². The normalized spacial score (nSPS) is 10.8. The Bertz CT molecular complexity index is 302. The third kappa shape index (κ3) is 2.18. The molecule has 0 N–H and O–H groups in total. The summed E-state index contributed by atoms with van der Waals surface area (Å²) in [5.41, 5.74) is -0.169. The summed E-state index contributed by atoms with van der Waals surface area (Å²) < 4.78 is 25.6. The van der Waals surface area contributed by atoms with Crippen LogP contribution in [0.3, 0.4) is 0 Å². The van der Waals surface area contributed by atoms with Crippen molar-refractivity contribution in [3.8, 4) is 0 Å². The van der Waals surface area contributed by atoms with Gasteiger partial charge in [-0.3, -0.25) is 0 Å². The van der Waals surface area contributed by atoms with Crippen molar-refractivity contribution in [3.63, 3.8) is 0 Å². The van der Waals surface area contributed by atoms with E-state index in [9.17, 15) is 8.78 Å². The van der Waals surface area contributed by atoms with E-state index in [2.05, 4.69) is 31.9 Å². The first-order valence-corrected chi connectivity index (χ1v) is 4.91. The van der Waals surface area contributed by atoms with E-state index in [1.54, 1.807) is 6.07 Å². The van der Waals surface area contributed by atoms with E-state index < -0.39 is 6.43 Å². The summed E-state index contributed by atoms with van der Waals surface area (Å²) >= 11 is 11.8. The highest BCUT2D eigenvalue weighted by Crippen LogP contribution is 2.35. The van der Waals surface area contributed by atoms with E-state index in [0.717, 1.165) is 0 Å². The molecule has 1 aromatic rings. The van der Waals surface area contributed by atoms with Gasteiger partial charge in [-0.1, -0.05) is 27.5 Å². The predicted molar refractivity (Wildman–Crippen MR) is 51.8 cm³/mol. The van der Waals surface area contributed by atoms with E-state index in [4.69, 9.17) is 11.6 Å². The highest BCUT2D eigenvalue weighted by Gasteiger charge is 2.14. The standard InChI is InChI=1S/C7H3Br2ClF2/c8-3-1-4(7(11)12)6(10)5(9)2-3/h1-2,7H. The summed E-state index contributed by atoms with van der Waals surface area (Å²) in [7, 11) is 0. The van der Waals surface area contributed by atoms with Gasteiger partial charge in [0.2, 0.25) is 0 Å². The van der Waals surface area contributed by atoms with E-state index in [0.29, 0.717) is 8.95 Å². The van der Waals surface area contributed by atoms with E-state index >= 15 is 0 Å². The number of hydrogen-bond acceptors (Lipinski definition) is 0. The van der Waals surface area contributed by atoms with Crippen LogP contribution >= 0.6 is 43.5 Å². The van der Waals surface area contributed by atoms with Gasteiger partial charge in [0.1, 0.15) is 0 Å². The molecule has 0 bridgehead atoms. The van der Waals surface area contributed by atoms with Crippen molar-refractivity contribution in [2.45, 2.75) is 6.43 Å². The van der Waals surface area contributed by atoms with Crippen LogP contribution in [0.2, 0.25) is 5.02 Å². The molecule has 0 spiro atoms. The molecule has 0 radical (unpaired) electrons. The van der Waals surface area contributed by atoms with Crippen molar-refractivity contribution in [3.05, 3.63) is 31.7 Å². The Morgan fingerprint density at radius 3 is 2.33 bits per heavy atom. The van der Waals surface area contributed by atoms with Gasteiger partial charge < -0.3 is 0 Å². The zero-order valence-electron chi connectivity index (χ0n) is 5.62. The van der Waals surface area contributed by atoms with Gasteiger partial charge in [-0.2, -0.15) is 0 Å². The van der Waals surface area contributed by atoms with E-state index in [1.165, 1.54) is 6.07 Å². The lowest BCUT2D eigenvalue weighted by atomic mass is 10.2. The number of halogens is 5. The van der Waals surface area contributed by atoms with Gasteiger partial charge in [-0.05, 0) is 28.1 Å². The minimum absolute atomic E-state index is 0.0631. The van der Waals surface area contributed by atoms with Crippen LogP contribution in [0.25, 0.3) is 0 Å². The van der Waals surface area contributed by atoms with Crippen molar-refractivity contribution in [2.75, 3.05) is 0 Å². The van der Waals surface area contributed by atoms with Gasteiger partial charge in [0, 0.05) is 14.5 Å². The van der Waals surface area contributed by atoms with E-state index in [-0.39, 0.29) is 10.6 Å². The number of alkyl halides is 2. The molecule has 0 aliphatic carbocycles. The summed E-state index contributed by atoms with van der Waals surface area (Å²) in [6.07, 6.45) is -2.55. The molecule has 1 rings (SSSR count). The maximum Gasteiger partial charge on any atom is 0.265 e. The minimum atomic E-state index is -2.55. The van der Waals surface area contributed by atoms with Gasteiger partial charge in [-0.25, -0.2) is 8.78 Å². The van der Waals surface area contributed by atoms with Crippen LogP contribution in [0.15, 0.2) is 21.1 Å². The summed E-state index contributed by atoms with van der Waals surface area (Å²) in [6, 6.07) is 2.92. The Morgan fingerprint density at radius 2 is 1.83 bits per heavy atom. The van der Waals surface area contributed by atoms with Gasteiger partial charge in [0.15, 0.2) is 0 Å². The zero-order chi connectivity index (χ0) is 9.30. The fraction of sp³-hybridized carbons (Fsp3) is 0.143. The molecule has 66 valence electrons. The molecule has 5 heteroatoms. The monoisotopic (exact) mass is 318 g/mol. The van der Waals surface area contributed by atoms with Crippen LogP contribution in [-0.4, -0.2) is 0 Å². The second kappa shape index (κ2) is 4.03. The zero-order valence-corrected chi connectivity index (χ0v) is 9.55. The summed E-state index contributed by atoms with van der Waals surface area (Å²) in [5.74, 6) is 0. The van der Waals surface area contributed by atoms with Gasteiger partial charge in [0.05, 0.1) is 5.02 Å². The number of rotatable bonds is 1. The first-order valence-electron chi connectivity index (χ1n) is 2.95. The van der Waals surface area contributed by atoms with Crippen LogP contribution in [0.4, 0.5) is 8.78 Å².